The van der Waals surface area contributed by atoms with Crippen LogP contribution in [-0.4, -0.2) is 29.5 Å². The summed E-state index contributed by atoms with van der Waals surface area (Å²) in [5.41, 5.74) is 0.817. The van der Waals surface area contributed by atoms with Crippen molar-refractivity contribution in [2.45, 2.75) is 0 Å². The first-order valence-electron chi connectivity index (χ1n) is 8.05. The molecule has 0 radical (unpaired) electrons. The minimum Gasteiger partial charge on any atom is -0.497 e. The van der Waals surface area contributed by atoms with Crippen molar-refractivity contribution in [3.63, 3.8) is 0 Å². The minimum atomic E-state index is -0.349. The van der Waals surface area contributed by atoms with E-state index in [9.17, 15) is 9.59 Å². The predicted molar refractivity (Wildman–Crippen MR) is 104 cm³/mol. The number of anilines is 1. The van der Waals surface area contributed by atoms with Crippen LogP contribution in [0.4, 0.5) is 5.69 Å². The van der Waals surface area contributed by atoms with Gasteiger partial charge in [-0.25, -0.2) is 4.98 Å². The summed E-state index contributed by atoms with van der Waals surface area (Å²) in [5, 5.41) is 3.21. The number of amides is 1. The monoisotopic (exact) mass is 381 g/mol. The lowest BCUT2D eigenvalue weighted by molar-refractivity contribution is 0.103. The Kier molecular flexibility index (Phi) is 4.25. The fourth-order valence-electron chi connectivity index (χ4n) is 2.76. The predicted octanol–water partition coefficient (Wildman–Crippen LogP) is 3.18. The first-order chi connectivity index (χ1) is 13.1. The Bertz CT molecular complexity index is 1230. The summed E-state index contributed by atoms with van der Waals surface area (Å²) in [6, 6.07) is 12.0. The van der Waals surface area contributed by atoms with E-state index in [2.05, 4.69) is 10.3 Å². The molecule has 0 atom stereocenters. The highest BCUT2D eigenvalue weighted by Gasteiger charge is 2.16. The highest BCUT2D eigenvalue weighted by Crippen LogP contribution is 2.30. The van der Waals surface area contributed by atoms with Gasteiger partial charge in [-0.15, -0.1) is 11.3 Å². The van der Waals surface area contributed by atoms with E-state index in [1.807, 2.05) is 6.07 Å². The van der Waals surface area contributed by atoms with Crippen LogP contribution in [-0.2, 0) is 0 Å². The van der Waals surface area contributed by atoms with E-state index in [0.29, 0.717) is 37.9 Å². The third kappa shape index (κ3) is 3.00. The van der Waals surface area contributed by atoms with Crippen molar-refractivity contribution in [3.8, 4) is 11.5 Å². The zero-order valence-electron chi connectivity index (χ0n) is 14.6. The van der Waals surface area contributed by atoms with Gasteiger partial charge in [0, 0.05) is 12.3 Å². The summed E-state index contributed by atoms with van der Waals surface area (Å²) in [5.74, 6) is 0.751. The van der Waals surface area contributed by atoms with Gasteiger partial charge in [0.25, 0.3) is 11.5 Å². The SMILES string of the molecule is COc1ccc(OC)c(NC(=O)c2cc3c(=O)n4ccccc4nc3s2)c1. The van der Waals surface area contributed by atoms with Crippen LogP contribution in [0.3, 0.4) is 0 Å². The van der Waals surface area contributed by atoms with Crippen LogP contribution in [0.5, 0.6) is 11.5 Å². The molecule has 1 aromatic carbocycles. The van der Waals surface area contributed by atoms with Crippen LogP contribution in [0.25, 0.3) is 15.9 Å². The first-order valence-corrected chi connectivity index (χ1v) is 8.86. The summed E-state index contributed by atoms with van der Waals surface area (Å²) < 4.78 is 11.9. The number of pyridine rings is 1. The average Bonchev–Trinajstić information content (AvgIpc) is 3.12. The topological polar surface area (TPSA) is 81.9 Å². The Morgan fingerprint density at radius 1 is 1.15 bits per heavy atom. The van der Waals surface area contributed by atoms with Crippen LogP contribution < -0.4 is 20.3 Å². The molecule has 3 aromatic heterocycles. The number of benzene rings is 1. The molecule has 8 heteroatoms. The summed E-state index contributed by atoms with van der Waals surface area (Å²) in [6.45, 7) is 0. The maximum atomic E-state index is 12.7. The first kappa shape index (κ1) is 17.0. The number of hydrogen-bond donors (Lipinski definition) is 1. The number of nitrogens with zero attached hydrogens (tertiary/aromatic N) is 2. The van der Waals surface area contributed by atoms with E-state index >= 15 is 0 Å². The van der Waals surface area contributed by atoms with Gasteiger partial charge >= 0.3 is 0 Å². The van der Waals surface area contributed by atoms with Crippen LogP contribution in [0.2, 0.25) is 0 Å². The number of aromatic nitrogens is 2. The summed E-state index contributed by atoms with van der Waals surface area (Å²) in [4.78, 5) is 30.7. The van der Waals surface area contributed by atoms with Gasteiger partial charge in [-0.05, 0) is 30.3 Å². The lowest BCUT2D eigenvalue weighted by atomic mass is 10.2. The highest BCUT2D eigenvalue weighted by molar-refractivity contribution is 7.20. The van der Waals surface area contributed by atoms with Gasteiger partial charge in [0.15, 0.2) is 0 Å². The number of nitrogens with one attached hydrogen (secondary N) is 1. The van der Waals surface area contributed by atoms with Crippen molar-refractivity contribution in [2.75, 3.05) is 19.5 Å². The molecular weight excluding hydrogens is 366 g/mol. The lowest BCUT2D eigenvalue weighted by Gasteiger charge is -2.11. The highest BCUT2D eigenvalue weighted by atomic mass is 32.1. The van der Waals surface area contributed by atoms with Gasteiger partial charge in [0.1, 0.15) is 22.0 Å². The number of rotatable bonds is 4. The number of carbonyl (C=O) groups excluding carboxylic acids is 1. The smallest absolute Gasteiger partial charge is 0.266 e. The lowest BCUT2D eigenvalue weighted by Crippen LogP contribution is -2.14. The number of fused-ring (bicyclic) bond motifs is 2. The largest absolute Gasteiger partial charge is 0.497 e. The Labute approximate surface area is 157 Å². The van der Waals surface area contributed by atoms with Crippen molar-refractivity contribution in [1.29, 1.82) is 0 Å². The standard InChI is InChI=1S/C19H15N3O4S/c1-25-11-6-7-14(26-2)13(9-11)20-17(23)15-10-12-18(27-15)21-16-5-3-4-8-22(16)19(12)24/h3-10H,1-2H3,(H,20,23). The third-order valence-electron chi connectivity index (χ3n) is 4.09. The molecule has 136 valence electrons. The quantitative estimate of drug-likeness (QED) is 0.587. The Morgan fingerprint density at radius 2 is 2.00 bits per heavy atom. The molecule has 0 saturated carbocycles. The van der Waals surface area contributed by atoms with Gasteiger partial charge in [-0.3, -0.25) is 14.0 Å². The van der Waals surface area contributed by atoms with Gasteiger partial charge in [0.05, 0.1) is 30.2 Å². The molecule has 4 aromatic rings. The molecular formula is C19H15N3O4S. The number of carbonyl (C=O) groups is 1. The van der Waals surface area contributed by atoms with Crippen LogP contribution >= 0.6 is 11.3 Å². The Balaban J connectivity index is 1.74. The molecule has 0 saturated heterocycles. The van der Waals surface area contributed by atoms with E-state index in [1.54, 1.807) is 49.7 Å². The van der Waals surface area contributed by atoms with E-state index in [4.69, 9.17) is 9.47 Å². The molecule has 0 spiro atoms. The minimum absolute atomic E-state index is 0.204. The molecule has 1 amide bonds. The van der Waals surface area contributed by atoms with Gasteiger partial charge in [-0.1, -0.05) is 6.07 Å². The van der Waals surface area contributed by atoms with Gasteiger partial charge in [0.2, 0.25) is 0 Å². The Morgan fingerprint density at radius 3 is 2.78 bits per heavy atom. The maximum absolute atomic E-state index is 12.7. The van der Waals surface area contributed by atoms with Gasteiger partial charge < -0.3 is 14.8 Å². The number of ether oxygens (including phenoxy) is 2. The summed E-state index contributed by atoms with van der Waals surface area (Å²) >= 11 is 1.17. The van der Waals surface area contributed by atoms with Crippen molar-refractivity contribution in [2.24, 2.45) is 0 Å². The van der Waals surface area contributed by atoms with Crippen LogP contribution in [0, 0.1) is 0 Å². The van der Waals surface area contributed by atoms with E-state index in [1.165, 1.54) is 22.8 Å². The van der Waals surface area contributed by atoms with Crippen molar-refractivity contribution < 1.29 is 14.3 Å². The summed E-state index contributed by atoms with van der Waals surface area (Å²) in [6.07, 6.45) is 1.66. The van der Waals surface area contributed by atoms with Crippen molar-refractivity contribution in [3.05, 3.63) is 63.9 Å². The van der Waals surface area contributed by atoms with E-state index in [-0.39, 0.29) is 11.5 Å². The second kappa shape index (κ2) is 6.73. The molecule has 3 heterocycles. The molecule has 0 aliphatic carbocycles. The number of methoxy groups -OCH3 is 2. The van der Waals surface area contributed by atoms with Crippen molar-refractivity contribution >= 4 is 38.8 Å². The zero-order chi connectivity index (χ0) is 19.0. The zero-order valence-corrected chi connectivity index (χ0v) is 15.4. The molecule has 7 nitrogen and oxygen atoms in total. The van der Waals surface area contributed by atoms with E-state index < -0.39 is 0 Å². The van der Waals surface area contributed by atoms with Crippen LogP contribution in [0.15, 0.2) is 53.5 Å². The second-order valence-corrected chi connectivity index (χ2v) is 6.73. The van der Waals surface area contributed by atoms with E-state index in [0.717, 1.165) is 0 Å². The fourth-order valence-corrected chi connectivity index (χ4v) is 3.68. The molecule has 1 N–H and O–H groups in total. The maximum Gasteiger partial charge on any atom is 0.266 e. The third-order valence-corrected chi connectivity index (χ3v) is 5.12. The van der Waals surface area contributed by atoms with Crippen molar-refractivity contribution in [1.82, 2.24) is 9.38 Å². The number of thiophene rings is 1. The molecule has 0 bridgehead atoms. The molecule has 0 aliphatic rings. The van der Waals surface area contributed by atoms with Crippen LogP contribution in [0.1, 0.15) is 9.67 Å². The second-order valence-electron chi connectivity index (χ2n) is 5.70. The molecule has 0 aliphatic heterocycles. The average molecular weight is 381 g/mol. The Hall–Kier alpha value is -3.39. The molecule has 27 heavy (non-hydrogen) atoms. The fraction of sp³-hybridized carbons (Fsp3) is 0.105. The normalized spacial score (nSPS) is 10.9. The molecule has 0 fully saturated rings. The summed E-state index contributed by atoms with van der Waals surface area (Å²) in [7, 11) is 3.07. The molecule has 0 unspecified atom stereocenters. The molecule has 4 rings (SSSR count). The number of hydrogen-bond acceptors (Lipinski definition) is 6. The van der Waals surface area contributed by atoms with Gasteiger partial charge in [-0.2, -0.15) is 0 Å².